The average Bonchev–Trinajstić information content (AvgIpc) is 2.52. The number of anilines is 1. The highest BCUT2D eigenvalue weighted by atomic mass is 32.2. The fraction of sp³-hybridized carbons (Fsp3) is 0.133. The Kier molecular flexibility index (Phi) is 5.76. The number of hydrazone groups is 1. The van der Waals surface area contributed by atoms with Crippen molar-refractivity contribution in [1.29, 1.82) is 0 Å². The van der Waals surface area contributed by atoms with E-state index in [1.54, 1.807) is 6.07 Å². The first kappa shape index (κ1) is 17.7. The second-order valence-corrected chi connectivity index (χ2v) is 5.28. The van der Waals surface area contributed by atoms with Crippen molar-refractivity contribution in [3.8, 4) is 12.3 Å². The molecule has 0 saturated heterocycles. The summed E-state index contributed by atoms with van der Waals surface area (Å²) < 4.78 is 51.6. The first-order valence-corrected chi connectivity index (χ1v) is 7.44. The van der Waals surface area contributed by atoms with Crippen molar-refractivity contribution in [1.82, 2.24) is 9.97 Å². The number of benzene rings is 1. The highest BCUT2D eigenvalue weighted by Gasteiger charge is 2.33. The number of thioether (sulfide) groups is 1. The van der Waals surface area contributed by atoms with E-state index in [-0.39, 0.29) is 16.7 Å². The molecule has 2 aromatic rings. The Labute approximate surface area is 139 Å². The van der Waals surface area contributed by atoms with Crippen LogP contribution in [0.3, 0.4) is 0 Å². The van der Waals surface area contributed by atoms with Crippen LogP contribution in [0.15, 0.2) is 40.6 Å². The molecule has 0 amide bonds. The number of hydrogen-bond acceptors (Lipinski definition) is 5. The molecule has 2 rings (SSSR count). The van der Waals surface area contributed by atoms with Crippen molar-refractivity contribution in [2.45, 2.75) is 11.3 Å². The Morgan fingerprint density at radius 1 is 1.29 bits per heavy atom. The third-order valence-electron chi connectivity index (χ3n) is 2.52. The fourth-order valence-electron chi connectivity index (χ4n) is 1.56. The molecular formula is C15H10F4N4S. The third-order valence-corrected chi connectivity index (χ3v) is 3.27. The SMILES string of the molecule is C#CCSc1nc(N/N=C/c2cccc(F)c2)cc(C(F)(F)F)n1. The minimum absolute atomic E-state index is 0.119. The van der Waals surface area contributed by atoms with E-state index in [2.05, 4.69) is 26.4 Å². The van der Waals surface area contributed by atoms with Crippen LogP contribution in [0.4, 0.5) is 23.4 Å². The van der Waals surface area contributed by atoms with Crippen LogP contribution >= 0.6 is 11.8 Å². The molecule has 4 nitrogen and oxygen atoms in total. The Morgan fingerprint density at radius 2 is 2.08 bits per heavy atom. The molecule has 1 N–H and O–H groups in total. The Morgan fingerprint density at radius 3 is 2.75 bits per heavy atom. The maximum absolute atomic E-state index is 13.0. The molecule has 0 aliphatic heterocycles. The second kappa shape index (κ2) is 7.79. The minimum atomic E-state index is -4.63. The van der Waals surface area contributed by atoms with Gasteiger partial charge in [0.1, 0.15) is 5.82 Å². The molecule has 1 aromatic heterocycles. The minimum Gasteiger partial charge on any atom is -0.261 e. The van der Waals surface area contributed by atoms with Gasteiger partial charge in [-0.15, -0.1) is 6.42 Å². The van der Waals surface area contributed by atoms with E-state index in [1.165, 1.54) is 24.4 Å². The van der Waals surface area contributed by atoms with Crippen molar-refractivity contribution < 1.29 is 17.6 Å². The van der Waals surface area contributed by atoms with Gasteiger partial charge >= 0.3 is 6.18 Å². The van der Waals surface area contributed by atoms with E-state index >= 15 is 0 Å². The van der Waals surface area contributed by atoms with Crippen LogP contribution in [0.25, 0.3) is 0 Å². The van der Waals surface area contributed by atoms with Gasteiger partial charge in [-0.2, -0.15) is 18.3 Å². The van der Waals surface area contributed by atoms with E-state index in [0.717, 1.165) is 17.8 Å². The number of halogens is 4. The summed E-state index contributed by atoms with van der Waals surface area (Å²) in [6, 6.07) is 6.28. The molecule has 0 spiro atoms. The number of alkyl halides is 3. The molecule has 0 fully saturated rings. The molecule has 124 valence electrons. The summed E-state index contributed by atoms with van der Waals surface area (Å²) in [7, 11) is 0. The number of nitrogens with one attached hydrogen (secondary N) is 1. The van der Waals surface area contributed by atoms with Gasteiger partial charge < -0.3 is 0 Å². The van der Waals surface area contributed by atoms with Gasteiger partial charge in [0.25, 0.3) is 0 Å². The van der Waals surface area contributed by atoms with Crippen LogP contribution < -0.4 is 5.43 Å². The Balaban J connectivity index is 2.20. The van der Waals surface area contributed by atoms with Gasteiger partial charge in [0.05, 0.1) is 12.0 Å². The normalized spacial score (nSPS) is 11.5. The van der Waals surface area contributed by atoms with Crippen molar-refractivity contribution in [3.05, 3.63) is 47.4 Å². The smallest absolute Gasteiger partial charge is 0.261 e. The Hall–Kier alpha value is -2.60. The Bertz CT molecular complexity index is 784. The van der Waals surface area contributed by atoms with Crippen molar-refractivity contribution >= 4 is 23.8 Å². The summed E-state index contributed by atoms with van der Waals surface area (Å²) in [4.78, 5) is 7.30. The summed E-state index contributed by atoms with van der Waals surface area (Å²) >= 11 is 0.897. The summed E-state index contributed by atoms with van der Waals surface area (Å²) in [6.45, 7) is 0. The topological polar surface area (TPSA) is 50.2 Å². The number of rotatable bonds is 5. The summed E-state index contributed by atoms with van der Waals surface area (Å²) in [5.41, 5.74) is 1.70. The van der Waals surface area contributed by atoms with E-state index in [4.69, 9.17) is 6.42 Å². The first-order valence-electron chi connectivity index (χ1n) is 6.45. The van der Waals surface area contributed by atoms with Gasteiger partial charge in [0.15, 0.2) is 16.7 Å². The van der Waals surface area contributed by atoms with E-state index < -0.39 is 17.7 Å². The van der Waals surface area contributed by atoms with Crippen LogP contribution in [0.1, 0.15) is 11.3 Å². The molecule has 9 heteroatoms. The summed E-state index contributed by atoms with van der Waals surface area (Å²) in [5.74, 6) is 1.81. The zero-order valence-corrected chi connectivity index (χ0v) is 12.8. The van der Waals surface area contributed by atoms with Gasteiger partial charge in [-0.05, 0) is 17.7 Å². The molecule has 0 unspecified atom stereocenters. The summed E-state index contributed by atoms with van der Waals surface area (Å²) in [5, 5.41) is 3.63. The molecule has 0 aliphatic rings. The molecule has 0 bridgehead atoms. The largest absolute Gasteiger partial charge is 0.433 e. The number of nitrogens with zero attached hydrogens (tertiary/aromatic N) is 3. The van der Waals surface area contributed by atoms with Crippen LogP contribution in [0.2, 0.25) is 0 Å². The van der Waals surface area contributed by atoms with Crippen molar-refractivity contribution in [2.75, 3.05) is 11.2 Å². The molecule has 24 heavy (non-hydrogen) atoms. The van der Waals surface area contributed by atoms with Crippen molar-refractivity contribution in [2.24, 2.45) is 5.10 Å². The monoisotopic (exact) mass is 354 g/mol. The first-order chi connectivity index (χ1) is 11.4. The lowest BCUT2D eigenvalue weighted by Gasteiger charge is -2.09. The van der Waals surface area contributed by atoms with Crippen LogP contribution in [0, 0.1) is 18.2 Å². The van der Waals surface area contributed by atoms with Gasteiger partial charge in [-0.3, -0.25) is 5.43 Å². The van der Waals surface area contributed by atoms with Crippen molar-refractivity contribution in [3.63, 3.8) is 0 Å². The van der Waals surface area contributed by atoms with Crippen LogP contribution in [-0.2, 0) is 6.18 Å². The zero-order valence-electron chi connectivity index (χ0n) is 12.0. The molecule has 1 aromatic carbocycles. The van der Waals surface area contributed by atoms with Gasteiger partial charge in [0, 0.05) is 6.07 Å². The number of terminal acetylenes is 1. The van der Waals surface area contributed by atoms with E-state index in [9.17, 15) is 17.6 Å². The van der Waals surface area contributed by atoms with Crippen LogP contribution in [-0.4, -0.2) is 21.9 Å². The summed E-state index contributed by atoms with van der Waals surface area (Å²) in [6.07, 6.45) is 1.71. The zero-order chi connectivity index (χ0) is 17.6. The average molecular weight is 354 g/mol. The highest BCUT2D eigenvalue weighted by Crippen LogP contribution is 2.30. The molecule has 1 heterocycles. The molecule has 0 saturated carbocycles. The molecule has 0 atom stereocenters. The lowest BCUT2D eigenvalue weighted by molar-refractivity contribution is -0.141. The quantitative estimate of drug-likeness (QED) is 0.222. The molecule has 0 aliphatic carbocycles. The third kappa shape index (κ3) is 5.24. The molecule has 0 radical (unpaired) electrons. The van der Waals surface area contributed by atoms with Crippen LogP contribution in [0.5, 0.6) is 0 Å². The number of aromatic nitrogens is 2. The van der Waals surface area contributed by atoms with E-state index in [0.29, 0.717) is 5.56 Å². The van der Waals surface area contributed by atoms with Gasteiger partial charge in [-0.25, -0.2) is 14.4 Å². The van der Waals surface area contributed by atoms with Gasteiger partial charge in [-0.1, -0.05) is 29.8 Å². The predicted molar refractivity (Wildman–Crippen MR) is 84.2 cm³/mol. The second-order valence-electron chi connectivity index (χ2n) is 4.34. The lowest BCUT2D eigenvalue weighted by atomic mass is 10.2. The predicted octanol–water partition coefficient (Wildman–Crippen LogP) is 3.81. The van der Waals surface area contributed by atoms with Gasteiger partial charge in [0.2, 0.25) is 0 Å². The maximum Gasteiger partial charge on any atom is 0.433 e. The maximum atomic E-state index is 13.0. The molecular weight excluding hydrogens is 344 g/mol. The standard InChI is InChI=1S/C15H10F4N4S/c1-2-6-24-14-21-12(15(17,18)19)8-13(22-14)23-20-9-10-4-3-5-11(16)7-10/h1,3-5,7-9H,6H2,(H,21,22,23)/b20-9+. The highest BCUT2D eigenvalue weighted by molar-refractivity contribution is 7.99. The lowest BCUT2D eigenvalue weighted by Crippen LogP contribution is -2.10. The van der Waals surface area contributed by atoms with E-state index in [1.807, 2.05) is 0 Å². The fourth-order valence-corrected chi connectivity index (χ4v) is 2.10. The number of hydrogen-bond donors (Lipinski definition) is 1.